The highest BCUT2D eigenvalue weighted by Gasteiger charge is 2.59. The molecule has 3 aliphatic rings. The Bertz CT molecular complexity index is 931. The predicted molar refractivity (Wildman–Crippen MR) is 114 cm³/mol. The highest BCUT2D eigenvalue weighted by atomic mass is 19.1. The minimum Gasteiger partial charge on any atom is -0.490 e. The van der Waals surface area contributed by atoms with Crippen LogP contribution in [0, 0.1) is 29.5 Å². The third kappa shape index (κ3) is 3.78. The number of aromatic nitrogens is 1. The fourth-order valence-corrected chi connectivity index (χ4v) is 5.72. The molecule has 1 aromatic heterocycles. The second kappa shape index (κ2) is 7.80. The number of likely N-dealkylation sites (tertiary alicyclic amines) is 1. The molecule has 1 amide bonds. The Morgan fingerprint density at radius 2 is 1.97 bits per heavy atom. The molecule has 3 unspecified atom stereocenters. The smallest absolute Gasteiger partial charge is 0.223 e. The van der Waals surface area contributed by atoms with Gasteiger partial charge in [-0.15, -0.1) is 0 Å². The van der Waals surface area contributed by atoms with E-state index in [0.29, 0.717) is 29.5 Å². The van der Waals surface area contributed by atoms with Crippen molar-refractivity contribution in [3.05, 3.63) is 36.3 Å². The van der Waals surface area contributed by atoms with Crippen LogP contribution in [0.4, 0.5) is 4.39 Å². The van der Waals surface area contributed by atoms with Crippen LogP contribution in [0.3, 0.4) is 0 Å². The molecule has 2 saturated carbocycles. The van der Waals surface area contributed by atoms with Gasteiger partial charge in [0.15, 0.2) is 0 Å². The van der Waals surface area contributed by atoms with E-state index in [0.717, 1.165) is 49.7 Å². The summed E-state index contributed by atoms with van der Waals surface area (Å²) >= 11 is 0. The molecule has 6 heteroatoms. The fraction of sp³-hybridized carbons (Fsp3) is 0.583. The molecule has 5 nitrogen and oxygen atoms in total. The van der Waals surface area contributed by atoms with Gasteiger partial charge < -0.3 is 15.0 Å². The number of carbonyl (C=O) groups is 1. The number of benzene rings is 1. The quantitative estimate of drug-likeness (QED) is 0.817. The van der Waals surface area contributed by atoms with E-state index in [9.17, 15) is 9.18 Å². The van der Waals surface area contributed by atoms with Crippen molar-refractivity contribution in [1.82, 2.24) is 15.2 Å². The first-order valence-electron chi connectivity index (χ1n) is 11.2. The van der Waals surface area contributed by atoms with Crippen molar-refractivity contribution < 1.29 is 13.9 Å². The van der Waals surface area contributed by atoms with Crippen LogP contribution in [0.25, 0.3) is 10.9 Å². The van der Waals surface area contributed by atoms with E-state index in [1.165, 1.54) is 12.1 Å². The molecule has 1 aromatic carbocycles. The summed E-state index contributed by atoms with van der Waals surface area (Å²) in [6, 6.07) is 6.75. The molecule has 30 heavy (non-hydrogen) atoms. The Kier molecular flexibility index (Phi) is 5.13. The van der Waals surface area contributed by atoms with Gasteiger partial charge in [0, 0.05) is 23.5 Å². The Labute approximate surface area is 177 Å². The SMILES string of the molecule is CC(C(=O)NC1CCN(C)CC1)C1[C@H]2CC(Oc3ccnc4ccc(F)cc34)C[C@@H]12. The zero-order valence-electron chi connectivity index (χ0n) is 17.7. The monoisotopic (exact) mass is 411 g/mol. The van der Waals surface area contributed by atoms with Crippen LogP contribution in [-0.2, 0) is 4.79 Å². The molecule has 5 atom stereocenters. The van der Waals surface area contributed by atoms with Gasteiger partial charge in [-0.25, -0.2) is 4.39 Å². The minimum absolute atomic E-state index is 0.0662. The molecule has 1 aliphatic heterocycles. The number of halogens is 1. The lowest BCUT2D eigenvalue weighted by Gasteiger charge is -2.30. The Hall–Kier alpha value is -2.21. The summed E-state index contributed by atoms with van der Waals surface area (Å²) in [5, 5.41) is 4.01. The lowest BCUT2D eigenvalue weighted by atomic mass is 9.96. The maximum Gasteiger partial charge on any atom is 0.223 e. The lowest BCUT2D eigenvalue weighted by Crippen LogP contribution is -2.45. The summed E-state index contributed by atoms with van der Waals surface area (Å²) in [5.41, 5.74) is 0.745. The van der Waals surface area contributed by atoms with E-state index in [2.05, 4.69) is 29.2 Å². The number of hydrogen-bond donors (Lipinski definition) is 1. The number of carbonyl (C=O) groups excluding carboxylic acids is 1. The number of ether oxygens (including phenoxy) is 1. The second-order valence-corrected chi connectivity index (χ2v) is 9.46. The van der Waals surface area contributed by atoms with Crippen molar-refractivity contribution in [2.75, 3.05) is 20.1 Å². The van der Waals surface area contributed by atoms with Crippen LogP contribution in [0.2, 0.25) is 0 Å². The van der Waals surface area contributed by atoms with Crippen molar-refractivity contribution in [2.45, 2.75) is 44.8 Å². The number of amides is 1. The molecule has 2 aromatic rings. The number of pyridine rings is 1. The van der Waals surface area contributed by atoms with E-state index in [4.69, 9.17) is 4.74 Å². The zero-order chi connectivity index (χ0) is 20.8. The zero-order valence-corrected chi connectivity index (χ0v) is 17.7. The highest BCUT2D eigenvalue weighted by Crippen LogP contribution is 2.61. The van der Waals surface area contributed by atoms with E-state index in [1.807, 2.05) is 6.07 Å². The first-order valence-corrected chi connectivity index (χ1v) is 11.2. The summed E-state index contributed by atoms with van der Waals surface area (Å²) in [5.74, 6) is 2.32. The molecule has 2 heterocycles. The van der Waals surface area contributed by atoms with E-state index in [1.54, 1.807) is 12.3 Å². The van der Waals surface area contributed by atoms with Crippen LogP contribution in [-0.4, -0.2) is 48.1 Å². The van der Waals surface area contributed by atoms with Gasteiger partial charge in [0.2, 0.25) is 5.91 Å². The molecular formula is C24H30FN3O2. The molecule has 0 spiro atoms. The topological polar surface area (TPSA) is 54.5 Å². The molecule has 1 N–H and O–H groups in total. The Morgan fingerprint density at radius 1 is 1.23 bits per heavy atom. The van der Waals surface area contributed by atoms with Gasteiger partial charge >= 0.3 is 0 Å². The van der Waals surface area contributed by atoms with Gasteiger partial charge in [0.1, 0.15) is 11.6 Å². The molecule has 3 fully saturated rings. The summed E-state index contributed by atoms with van der Waals surface area (Å²) in [6.45, 7) is 4.20. The maximum atomic E-state index is 13.7. The second-order valence-electron chi connectivity index (χ2n) is 9.46. The number of nitrogens with zero attached hydrogens (tertiary/aromatic N) is 2. The standard InChI is InChI=1S/C24H30FN3O2/c1-14(24(29)27-16-6-9-28(2)10-7-16)23-18-12-17(13-19(18)23)30-22-5-8-26-21-4-3-15(25)11-20(21)22/h3-5,8,11,14,16-19,23H,6-7,9-10,12-13H2,1-2H3,(H,27,29)/t14?,17?,18-,19+,23?. The number of fused-ring (bicyclic) bond motifs is 2. The Balaban J connectivity index is 1.16. The molecule has 5 rings (SSSR count). The molecule has 0 radical (unpaired) electrons. The fourth-order valence-electron chi connectivity index (χ4n) is 5.72. The van der Waals surface area contributed by atoms with Gasteiger partial charge in [-0.1, -0.05) is 6.92 Å². The molecule has 2 aliphatic carbocycles. The van der Waals surface area contributed by atoms with Gasteiger partial charge in [-0.2, -0.15) is 0 Å². The third-order valence-corrected chi connectivity index (χ3v) is 7.48. The number of rotatable bonds is 5. The van der Waals surface area contributed by atoms with E-state index < -0.39 is 0 Å². The van der Waals surface area contributed by atoms with Gasteiger partial charge in [0.05, 0.1) is 11.6 Å². The molecular weight excluding hydrogens is 381 g/mol. The Morgan fingerprint density at radius 3 is 2.70 bits per heavy atom. The summed E-state index contributed by atoms with van der Waals surface area (Å²) < 4.78 is 19.9. The maximum absolute atomic E-state index is 13.7. The van der Waals surface area contributed by atoms with Gasteiger partial charge in [-0.3, -0.25) is 9.78 Å². The van der Waals surface area contributed by atoms with Crippen LogP contribution < -0.4 is 10.1 Å². The summed E-state index contributed by atoms with van der Waals surface area (Å²) in [4.78, 5) is 19.4. The number of nitrogens with one attached hydrogen (secondary N) is 1. The van der Waals surface area contributed by atoms with Crippen LogP contribution in [0.5, 0.6) is 5.75 Å². The third-order valence-electron chi connectivity index (χ3n) is 7.48. The van der Waals surface area contributed by atoms with Crippen molar-refractivity contribution in [2.24, 2.45) is 23.7 Å². The van der Waals surface area contributed by atoms with Gasteiger partial charge in [0.25, 0.3) is 0 Å². The highest BCUT2D eigenvalue weighted by molar-refractivity contribution is 5.84. The van der Waals surface area contributed by atoms with Crippen LogP contribution in [0.15, 0.2) is 30.5 Å². The van der Waals surface area contributed by atoms with E-state index in [-0.39, 0.29) is 23.7 Å². The summed E-state index contributed by atoms with van der Waals surface area (Å²) in [6.07, 6.45) is 5.88. The average Bonchev–Trinajstić information content (AvgIpc) is 3.24. The van der Waals surface area contributed by atoms with Crippen LogP contribution in [0.1, 0.15) is 32.6 Å². The lowest BCUT2D eigenvalue weighted by molar-refractivity contribution is -0.126. The van der Waals surface area contributed by atoms with Gasteiger partial charge in [-0.05, 0) is 87.8 Å². The average molecular weight is 412 g/mol. The molecule has 0 bridgehead atoms. The molecule has 1 saturated heterocycles. The van der Waals surface area contributed by atoms with Crippen LogP contribution >= 0.6 is 0 Å². The largest absolute Gasteiger partial charge is 0.490 e. The normalized spacial score (nSPS) is 30.1. The van der Waals surface area contributed by atoms with Crippen molar-refractivity contribution in [3.63, 3.8) is 0 Å². The minimum atomic E-state index is -0.279. The summed E-state index contributed by atoms with van der Waals surface area (Å²) in [7, 11) is 2.13. The van der Waals surface area contributed by atoms with Crippen molar-refractivity contribution in [3.8, 4) is 5.75 Å². The number of hydrogen-bond acceptors (Lipinski definition) is 4. The van der Waals surface area contributed by atoms with Crippen molar-refractivity contribution in [1.29, 1.82) is 0 Å². The van der Waals surface area contributed by atoms with Crippen molar-refractivity contribution >= 4 is 16.8 Å². The van der Waals surface area contributed by atoms with E-state index >= 15 is 0 Å². The molecule has 160 valence electrons. The number of piperidine rings is 1. The first kappa shape index (κ1) is 19.7. The first-order chi connectivity index (χ1) is 14.5. The predicted octanol–water partition coefficient (Wildman–Crippen LogP) is 3.62.